The second-order valence-corrected chi connectivity index (χ2v) is 3.11. The molecule has 5 nitrogen and oxygen atoms in total. The molecule has 0 bridgehead atoms. The molecule has 1 amide bonds. The van der Waals surface area contributed by atoms with E-state index in [0.717, 1.165) is 16.7 Å². The Bertz CT molecular complexity index is 504. The Kier molecular flexibility index (Phi) is 2.31. The van der Waals surface area contributed by atoms with Crippen molar-refractivity contribution in [3.8, 4) is 5.75 Å². The molecule has 0 aliphatic heterocycles. The van der Waals surface area contributed by atoms with Gasteiger partial charge in [0.25, 0.3) is 5.91 Å². The van der Waals surface area contributed by atoms with E-state index in [1.165, 1.54) is 0 Å². The number of aromatic amines is 1. The summed E-state index contributed by atoms with van der Waals surface area (Å²) in [6.07, 6.45) is 0. The highest BCUT2D eigenvalue weighted by atomic mass is 16.5. The third-order valence-electron chi connectivity index (χ3n) is 2.21. The number of carbonyl (C=O) groups is 1. The van der Waals surface area contributed by atoms with Crippen molar-refractivity contribution < 1.29 is 9.53 Å². The first-order chi connectivity index (χ1) is 7.24. The zero-order valence-corrected chi connectivity index (χ0v) is 8.20. The number of nitrogen functional groups attached to an aromatic ring is 1. The molecular formula is C10H11N3O2. The summed E-state index contributed by atoms with van der Waals surface area (Å²) in [4.78, 5) is 14.2. The lowest BCUT2D eigenvalue weighted by molar-refractivity contribution is 0.0949. The van der Waals surface area contributed by atoms with Crippen LogP contribution in [0, 0.1) is 0 Å². The number of nitrogens with two attached hydrogens (primary N) is 1. The zero-order valence-electron chi connectivity index (χ0n) is 8.20. The number of fused-ring (bicyclic) bond motifs is 1. The van der Waals surface area contributed by atoms with E-state index in [4.69, 9.17) is 10.6 Å². The molecule has 15 heavy (non-hydrogen) atoms. The van der Waals surface area contributed by atoms with Gasteiger partial charge in [0.1, 0.15) is 11.4 Å². The Labute approximate surface area is 86.2 Å². The number of carbonyl (C=O) groups excluding carboxylic acids is 1. The van der Waals surface area contributed by atoms with Crippen LogP contribution in [0.4, 0.5) is 0 Å². The van der Waals surface area contributed by atoms with E-state index < -0.39 is 0 Å². The van der Waals surface area contributed by atoms with Crippen molar-refractivity contribution in [2.45, 2.75) is 0 Å². The minimum absolute atomic E-state index is 0.342. The first-order valence-electron chi connectivity index (χ1n) is 4.42. The normalized spacial score (nSPS) is 10.3. The fourth-order valence-electron chi connectivity index (χ4n) is 1.43. The van der Waals surface area contributed by atoms with Gasteiger partial charge in [0.2, 0.25) is 0 Å². The van der Waals surface area contributed by atoms with Crippen LogP contribution in [-0.4, -0.2) is 18.0 Å². The van der Waals surface area contributed by atoms with Crippen LogP contribution in [-0.2, 0) is 0 Å². The maximum atomic E-state index is 11.2. The van der Waals surface area contributed by atoms with Crippen molar-refractivity contribution >= 4 is 16.8 Å². The molecule has 0 fully saturated rings. The lowest BCUT2D eigenvalue weighted by Crippen LogP contribution is -2.30. The summed E-state index contributed by atoms with van der Waals surface area (Å²) in [5.74, 6) is 5.44. The van der Waals surface area contributed by atoms with E-state index in [2.05, 4.69) is 10.4 Å². The molecule has 0 unspecified atom stereocenters. The predicted octanol–water partition coefficient (Wildman–Crippen LogP) is 0.780. The summed E-state index contributed by atoms with van der Waals surface area (Å²) in [5.41, 5.74) is 3.34. The van der Waals surface area contributed by atoms with Crippen molar-refractivity contribution in [3.05, 3.63) is 30.0 Å². The van der Waals surface area contributed by atoms with Crippen molar-refractivity contribution in [3.63, 3.8) is 0 Å². The Morgan fingerprint density at radius 1 is 1.47 bits per heavy atom. The Morgan fingerprint density at radius 3 is 2.93 bits per heavy atom. The lowest BCUT2D eigenvalue weighted by atomic mass is 10.2. The summed E-state index contributed by atoms with van der Waals surface area (Å²) < 4.78 is 5.07. The third kappa shape index (κ3) is 1.64. The topological polar surface area (TPSA) is 80.1 Å². The van der Waals surface area contributed by atoms with Gasteiger partial charge >= 0.3 is 0 Å². The molecular weight excluding hydrogens is 194 g/mol. The zero-order chi connectivity index (χ0) is 10.8. The van der Waals surface area contributed by atoms with Gasteiger partial charge in [-0.05, 0) is 18.2 Å². The number of nitrogens with one attached hydrogen (secondary N) is 2. The Morgan fingerprint density at radius 2 is 2.27 bits per heavy atom. The van der Waals surface area contributed by atoms with Gasteiger partial charge in [-0.3, -0.25) is 10.2 Å². The molecule has 1 aromatic carbocycles. The van der Waals surface area contributed by atoms with Gasteiger partial charge in [0.05, 0.1) is 7.11 Å². The predicted molar refractivity (Wildman–Crippen MR) is 56.5 cm³/mol. The molecule has 1 heterocycles. The molecule has 0 saturated carbocycles. The maximum Gasteiger partial charge on any atom is 0.281 e. The average molecular weight is 205 g/mol. The van der Waals surface area contributed by atoms with Gasteiger partial charge in [-0.2, -0.15) is 0 Å². The Balaban J connectivity index is 2.51. The molecule has 0 atom stereocenters. The Hall–Kier alpha value is -2.01. The van der Waals surface area contributed by atoms with Crippen LogP contribution in [0.5, 0.6) is 5.75 Å². The molecule has 4 N–H and O–H groups in total. The number of H-pyrrole nitrogens is 1. The average Bonchev–Trinajstić information content (AvgIpc) is 2.70. The minimum Gasteiger partial charge on any atom is -0.497 e. The number of amides is 1. The van der Waals surface area contributed by atoms with E-state index in [0.29, 0.717) is 5.69 Å². The van der Waals surface area contributed by atoms with Gasteiger partial charge in [0.15, 0.2) is 0 Å². The number of methoxy groups -OCH3 is 1. The summed E-state index contributed by atoms with van der Waals surface area (Å²) >= 11 is 0. The summed E-state index contributed by atoms with van der Waals surface area (Å²) in [7, 11) is 1.59. The van der Waals surface area contributed by atoms with Crippen LogP contribution in [0.1, 0.15) is 10.5 Å². The van der Waals surface area contributed by atoms with Gasteiger partial charge in [-0.1, -0.05) is 0 Å². The summed E-state index contributed by atoms with van der Waals surface area (Å²) in [6.45, 7) is 0. The van der Waals surface area contributed by atoms with Gasteiger partial charge < -0.3 is 9.72 Å². The number of hydrogen-bond donors (Lipinski definition) is 3. The third-order valence-corrected chi connectivity index (χ3v) is 2.21. The molecule has 5 heteroatoms. The molecule has 0 saturated heterocycles. The first-order valence-corrected chi connectivity index (χ1v) is 4.42. The fraction of sp³-hybridized carbons (Fsp3) is 0.100. The molecule has 0 radical (unpaired) electrons. The summed E-state index contributed by atoms with van der Waals surface area (Å²) in [6, 6.07) is 7.26. The highest BCUT2D eigenvalue weighted by Crippen LogP contribution is 2.20. The minimum atomic E-state index is -0.342. The highest BCUT2D eigenvalue weighted by molar-refractivity contribution is 5.97. The highest BCUT2D eigenvalue weighted by Gasteiger charge is 2.07. The fourth-order valence-corrected chi connectivity index (χ4v) is 1.43. The number of rotatable bonds is 2. The number of hydrogen-bond acceptors (Lipinski definition) is 3. The van der Waals surface area contributed by atoms with E-state index in [1.807, 2.05) is 18.2 Å². The molecule has 2 rings (SSSR count). The van der Waals surface area contributed by atoms with Crippen LogP contribution >= 0.6 is 0 Å². The lowest BCUT2D eigenvalue weighted by Gasteiger charge is -1.97. The van der Waals surface area contributed by atoms with Crippen molar-refractivity contribution in [2.75, 3.05) is 7.11 Å². The molecule has 0 spiro atoms. The van der Waals surface area contributed by atoms with E-state index >= 15 is 0 Å². The maximum absolute atomic E-state index is 11.2. The van der Waals surface area contributed by atoms with Crippen LogP contribution in [0.15, 0.2) is 24.3 Å². The number of benzene rings is 1. The van der Waals surface area contributed by atoms with Crippen LogP contribution in [0.3, 0.4) is 0 Å². The number of ether oxygens (including phenoxy) is 1. The van der Waals surface area contributed by atoms with E-state index in [9.17, 15) is 4.79 Å². The van der Waals surface area contributed by atoms with Gasteiger partial charge in [-0.25, -0.2) is 5.84 Å². The van der Waals surface area contributed by atoms with E-state index in [-0.39, 0.29) is 5.91 Å². The van der Waals surface area contributed by atoms with Crippen molar-refractivity contribution in [1.82, 2.24) is 10.4 Å². The molecule has 78 valence electrons. The van der Waals surface area contributed by atoms with Crippen molar-refractivity contribution in [1.29, 1.82) is 0 Å². The second-order valence-electron chi connectivity index (χ2n) is 3.11. The number of hydrazine groups is 1. The smallest absolute Gasteiger partial charge is 0.281 e. The summed E-state index contributed by atoms with van der Waals surface area (Å²) in [5, 5.41) is 0.939. The van der Waals surface area contributed by atoms with Crippen molar-refractivity contribution in [2.24, 2.45) is 5.84 Å². The first kappa shape index (κ1) is 9.54. The monoisotopic (exact) mass is 205 g/mol. The second kappa shape index (κ2) is 3.62. The van der Waals surface area contributed by atoms with Gasteiger partial charge in [-0.15, -0.1) is 0 Å². The van der Waals surface area contributed by atoms with E-state index in [1.54, 1.807) is 13.2 Å². The molecule has 0 aliphatic rings. The van der Waals surface area contributed by atoms with Crippen LogP contribution in [0.2, 0.25) is 0 Å². The van der Waals surface area contributed by atoms with Gasteiger partial charge in [0, 0.05) is 17.0 Å². The molecule has 1 aromatic heterocycles. The molecule has 0 aliphatic carbocycles. The van der Waals surface area contributed by atoms with Crippen LogP contribution in [0.25, 0.3) is 10.9 Å². The SMILES string of the molecule is COc1ccc2cc(C(=O)NN)[nH]c2c1. The largest absolute Gasteiger partial charge is 0.497 e. The quantitative estimate of drug-likeness (QED) is 0.385. The molecule has 2 aromatic rings. The standard InChI is InChI=1S/C10H11N3O2/c1-15-7-3-2-6-4-9(10(14)13-11)12-8(6)5-7/h2-5,12H,11H2,1H3,(H,13,14). The number of aromatic nitrogens is 1. The van der Waals surface area contributed by atoms with Crippen LogP contribution < -0.4 is 16.0 Å².